The number of benzene rings is 1. The van der Waals surface area contributed by atoms with Gasteiger partial charge >= 0.3 is 0 Å². The molecule has 1 aromatic rings. The lowest BCUT2D eigenvalue weighted by Gasteiger charge is -2.06. The summed E-state index contributed by atoms with van der Waals surface area (Å²) in [6.07, 6.45) is 2.75. The van der Waals surface area contributed by atoms with Gasteiger partial charge in [-0.05, 0) is 49.9 Å². The third-order valence-electron chi connectivity index (χ3n) is 2.83. The Morgan fingerprint density at radius 3 is 2.07 bits per heavy atom. The van der Waals surface area contributed by atoms with Gasteiger partial charge in [0, 0.05) is 10.9 Å². The van der Waals surface area contributed by atoms with Gasteiger partial charge in [-0.15, -0.1) is 0 Å². The Labute approximate surface area is 88.5 Å². The average Bonchev–Trinajstić information content (AvgIpc) is 2.66. The second-order valence-corrected chi connectivity index (χ2v) is 6.29. The molecule has 0 bridgehead atoms. The number of hydrogen-bond acceptors (Lipinski definition) is 1. The summed E-state index contributed by atoms with van der Waals surface area (Å²) in [6.45, 7) is 3.98. The van der Waals surface area contributed by atoms with Gasteiger partial charge in [0.25, 0.3) is 0 Å². The second kappa shape index (κ2) is 3.85. The molecule has 76 valence electrons. The Morgan fingerprint density at radius 1 is 1.07 bits per heavy atom. The first kappa shape index (κ1) is 9.91. The zero-order valence-electron chi connectivity index (χ0n) is 8.84. The minimum Gasteiger partial charge on any atom is -0.507 e. The molecule has 0 saturated carbocycles. The molecule has 2 heteroatoms. The maximum atomic E-state index is 9.68. The topological polar surface area (TPSA) is 20.2 Å². The van der Waals surface area contributed by atoms with E-state index in [-0.39, 0.29) is 0 Å². The van der Waals surface area contributed by atoms with Gasteiger partial charge in [0.05, 0.1) is 0 Å². The molecular weight excluding hydrogens is 192 g/mol. The van der Waals surface area contributed by atoms with E-state index in [4.69, 9.17) is 0 Å². The minimum atomic E-state index is 0.469. The minimum absolute atomic E-state index is 0.469. The Kier molecular flexibility index (Phi) is 2.73. The molecular formula is C12H17OS+. The van der Waals surface area contributed by atoms with Crippen molar-refractivity contribution in [2.24, 2.45) is 0 Å². The van der Waals surface area contributed by atoms with Crippen molar-refractivity contribution in [3.8, 4) is 5.75 Å². The van der Waals surface area contributed by atoms with Crippen molar-refractivity contribution in [3.05, 3.63) is 23.3 Å². The summed E-state index contributed by atoms with van der Waals surface area (Å²) in [7, 11) is 0.469. The van der Waals surface area contributed by atoms with Gasteiger partial charge < -0.3 is 5.11 Å². The number of hydrogen-bond donors (Lipinski definition) is 1. The fourth-order valence-corrected chi connectivity index (χ4v) is 4.44. The third kappa shape index (κ3) is 1.76. The fourth-order valence-electron chi connectivity index (χ4n) is 1.97. The maximum absolute atomic E-state index is 9.68. The summed E-state index contributed by atoms with van der Waals surface area (Å²) < 4.78 is 0. The van der Waals surface area contributed by atoms with E-state index >= 15 is 0 Å². The zero-order valence-corrected chi connectivity index (χ0v) is 9.66. The molecule has 1 aromatic carbocycles. The smallest absolute Gasteiger partial charge is 0.155 e. The molecule has 1 nitrogen and oxygen atoms in total. The van der Waals surface area contributed by atoms with Crippen LogP contribution in [-0.4, -0.2) is 16.6 Å². The van der Waals surface area contributed by atoms with E-state index in [2.05, 4.69) is 12.1 Å². The predicted molar refractivity (Wildman–Crippen MR) is 62.2 cm³/mol. The first-order chi connectivity index (χ1) is 6.68. The van der Waals surface area contributed by atoms with Gasteiger partial charge in [-0.25, -0.2) is 0 Å². The van der Waals surface area contributed by atoms with Crippen LogP contribution in [0.3, 0.4) is 0 Å². The van der Waals surface area contributed by atoms with Crippen molar-refractivity contribution >= 4 is 10.9 Å². The van der Waals surface area contributed by atoms with Crippen LogP contribution in [0, 0.1) is 13.8 Å². The van der Waals surface area contributed by atoms with Crippen molar-refractivity contribution in [2.45, 2.75) is 31.6 Å². The quantitative estimate of drug-likeness (QED) is 0.705. The lowest BCUT2D eigenvalue weighted by molar-refractivity contribution is 0.466. The summed E-state index contributed by atoms with van der Waals surface area (Å²) in [5.74, 6) is 3.17. The van der Waals surface area contributed by atoms with Gasteiger partial charge in [0.1, 0.15) is 17.3 Å². The second-order valence-electron chi connectivity index (χ2n) is 4.01. The van der Waals surface area contributed by atoms with Crippen molar-refractivity contribution in [3.63, 3.8) is 0 Å². The predicted octanol–water partition coefficient (Wildman–Crippen LogP) is 2.78. The normalized spacial score (nSPS) is 17.6. The molecule has 0 radical (unpaired) electrons. The Morgan fingerprint density at radius 2 is 1.57 bits per heavy atom. The van der Waals surface area contributed by atoms with Crippen LogP contribution in [0.25, 0.3) is 0 Å². The van der Waals surface area contributed by atoms with Crippen LogP contribution >= 0.6 is 0 Å². The monoisotopic (exact) mass is 209 g/mol. The zero-order chi connectivity index (χ0) is 10.1. The van der Waals surface area contributed by atoms with E-state index in [1.807, 2.05) is 13.8 Å². The molecule has 1 saturated heterocycles. The van der Waals surface area contributed by atoms with Crippen LogP contribution in [0.1, 0.15) is 24.0 Å². The molecule has 0 amide bonds. The van der Waals surface area contributed by atoms with Crippen LogP contribution in [0.5, 0.6) is 5.75 Å². The van der Waals surface area contributed by atoms with E-state index < -0.39 is 0 Å². The van der Waals surface area contributed by atoms with Crippen LogP contribution < -0.4 is 0 Å². The molecule has 2 rings (SSSR count). The number of rotatable bonds is 1. The first-order valence-corrected chi connectivity index (χ1v) is 6.72. The van der Waals surface area contributed by atoms with E-state index in [0.717, 1.165) is 11.1 Å². The Hall–Kier alpha value is -0.630. The number of phenolic OH excluding ortho intramolecular Hbond substituents is 1. The van der Waals surface area contributed by atoms with Crippen LogP contribution in [0.15, 0.2) is 17.0 Å². The summed E-state index contributed by atoms with van der Waals surface area (Å²) in [5, 5.41) is 9.68. The van der Waals surface area contributed by atoms with Crippen LogP contribution in [-0.2, 0) is 10.9 Å². The van der Waals surface area contributed by atoms with Gasteiger partial charge in [-0.3, -0.25) is 0 Å². The standard InChI is InChI=1S/C12H16OS/c1-9-7-11(8-10(2)12(9)13)14-5-3-4-6-14/h7-8H,3-6H2,1-2H3/p+1. The van der Waals surface area contributed by atoms with Crippen molar-refractivity contribution in [1.82, 2.24) is 0 Å². The molecule has 0 aromatic heterocycles. The summed E-state index contributed by atoms with van der Waals surface area (Å²) in [6, 6.07) is 4.33. The molecule has 14 heavy (non-hydrogen) atoms. The van der Waals surface area contributed by atoms with Crippen molar-refractivity contribution in [2.75, 3.05) is 11.5 Å². The third-order valence-corrected chi connectivity index (χ3v) is 5.29. The lowest BCUT2D eigenvalue weighted by Crippen LogP contribution is -2.04. The molecule has 0 unspecified atom stereocenters. The average molecular weight is 209 g/mol. The van der Waals surface area contributed by atoms with Crippen LogP contribution in [0.2, 0.25) is 0 Å². The maximum Gasteiger partial charge on any atom is 0.155 e. The molecule has 1 heterocycles. The highest BCUT2D eigenvalue weighted by Crippen LogP contribution is 2.29. The molecule has 0 atom stereocenters. The summed E-state index contributed by atoms with van der Waals surface area (Å²) in [4.78, 5) is 1.45. The highest BCUT2D eigenvalue weighted by Gasteiger charge is 2.27. The van der Waals surface area contributed by atoms with Crippen molar-refractivity contribution in [1.29, 1.82) is 0 Å². The largest absolute Gasteiger partial charge is 0.507 e. The molecule has 1 N–H and O–H groups in total. The highest BCUT2D eigenvalue weighted by molar-refractivity contribution is 7.97. The van der Waals surface area contributed by atoms with E-state index in [1.54, 1.807) is 0 Å². The highest BCUT2D eigenvalue weighted by atomic mass is 32.2. The number of aromatic hydroxyl groups is 1. The Balaban J connectivity index is 2.34. The van der Waals surface area contributed by atoms with E-state index in [1.165, 1.54) is 29.2 Å². The lowest BCUT2D eigenvalue weighted by atomic mass is 10.1. The number of phenols is 1. The summed E-state index contributed by atoms with van der Waals surface area (Å²) >= 11 is 0. The van der Waals surface area contributed by atoms with E-state index in [0.29, 0.717) is 16.6 Å². The molecule has 0 spiro atoms. The SMILES string of the molecule is Cc1cc([S+]2CCCC2)cc(C)c1O. The molecule has 0 aliphatic carbocycles. The first-order valence-electron chi connectivity index (χ1n) is 5.16. The van der Waals surface area contributed by atoms with Gasteiger partial charge in [-0.2, -0.15) is 0 Å². The fraction of sp³-hybridized carbons (Fsp3) is 0.500. The van der Waals surface area contributed by atoms with Gasteiger partial charge in [0.15, 0.2) is 4.90 Å². The van der Waals surface area contributed by atoms with Crippen molar-refractivity contribution < 1.29 is 5.11 Å². The Bertz CT molecular complexity index is 317. The molecule has 1 fully saturated rings. The summed E-state index contributed by atoms with van der Waals surface area (Å²) in [5.41, 5.74) is 2.05. The van der Waals surface area contributed by atoms with Crippen LogP contribution in [0.4, 0.5) is 0 Å². The van der Waals surface area contributed by atoms with Gasteiger partial charge in [-0.1, -0.05) is 0 Å². The number of aryl methyl sites for hydroxylation is 2. The molecule has 1 aliphatic rings. The van der Waals surface area contributed by atoms with E-state index in [9.17, 15) is 5.11 Å². The molecule has 1 aliphatic heterocycles. The van der Waals surface area contributed by atoms with Gasteiger partial charge in [0.2, 0.25) is 0 Å².